The van der Waals surface area contributed by atoms with Gasteiger partial charge in [0.15, 0.2) is 16.3 Å². The number of amides is 3. The fraction of sp³-hybridized carbons (Fsp3) is 0.409. The zero-order chi connectivity index (χ0) is 29.8. The van der Waals surface area contributed by atoms with Crippen molar-refractivity contribution in [3.8, 4) is 5.75 Å². The normalized spacial score (nSPS) is 20.9. The third-order valence-electron chi connectivity index (χ3n) is 6.42. The van der Waals surface area contributed by atoms with E-state index >= 15 is 0 Å². The number of ether oxygens (including phenoxy) is 1. The van der Waals surface area contributed by atoms with Gasteiger partial charge in [0.05, 0.1) is 10.6 Å². The Kier molecular flexibility index (Phi) is 7.77. The van der Waals surface area contributed by atoms with Crippen LogP contribution in [0.15, 0.2) is 23.1 Å². The van der Waals surface area contributed by atoms with Crippen molar-refractivity contribution in [3.63, 3.8) is 0 Å². The largest absolute Gasteiger partial charge is 0.488 e. The first-order valence-electron chi connectivity index (χ1n) is 11.4. The Morgan fingerprint density at radius 3 is 2.52 bits per heavy atom. The van der Waals surface area contributed by atoms with Crippen LogP contribution in [0.1, 0.15) is 23.8 Å². The van der Waals surface area contributed by atoms with Gasteiger partial charge < -0.3 is 24.8 Å². The Morgan fingerprint density at radius 2 is 1.90 bits per heavy atom. The summed E-state index contributed by atoms with van der Waals surface area (Å²) in [4.78, 5) is 38.1. The second-order valence-corrected chi connectivity index (χ2v) is 11.7. The summed E-state index contributed by atoms with van der Waals surface area (Å²) in [5.41, 5.74) is -1.69. The number of carbonyl (C=O) groups is 3. The third-order valence-corrected chi connectivity index (χ3v) is 8.88. The summed E-state index contributed by atoms with van der Waals surface area (Å²) >= 11 is 12.0. The molecule has 2 aromatic rings. The van der Waals surface area contributed by atoms with Gasteiger partial charge in [0.1, 0.15) is 23.6 Å². The van der Waals surface area contributed by atoms with Gasteiger partial charge in [0.2, 0.25) is 10.0 Å². The number of carbonyl (C=O) groups excluding carboxylic acids is 3. The van der Waals surface area contributed by atoms with Gasteiger partial charge in [0, 0.05) is 25.8 Å². The topological polar surface area (TPSA) is 139 Å². The molecule has 0 bridgehead atoms. The first-order chi connectivity index (χ1) is 18.5. The van der Waals surface area contributed by atoms with E-state index in [9.17, 15) is 40.4 Å². The van der Waals surface area contributed by atoms with E-state index in [1.165, 1.54) is 13.1 Å². The molecule has 1 aromatic heterocycles. The molecule has 3 N–H and O–H groups in total. The molecule has 0 aliphatic carbocycles. The van der Waals surface area contributed by atoms with Crippen molar-refractivity contribution < 1.29 is 45.1 Å². The monoisotopic (exact) mass is 629 g/mol. The summed E-state index contributed by atoms with van der Waals surface area (Å²) in [5.74, 6) is -4.78. The van der Waals surface area contributed by atoms with E-state index in [1.54, 1.807) is 5.32 Å². The number of fused-ring (bicyclic) bond motifs is 1. The van der Waals surface area contributed by atoms with Crippen molar-refractivity contribution in [1.29, 1.82) is 0 Å². The van der Waals surface area contributed by atoms with Gasteiger partial charge in [-0.1, -0.05) is 23.2 Å². The highest BCUT2D eigenvalue weighted by molar-refractivity contribution is 7.89. The first-order valence-corrected chi connectivity index (χ1v) is 13.7. The molecule has 1 aromatic carbocycles. The molecule has 40 heavy (non-hydrogen) atoms. The highest BCUT2D eigenvalue weighted by atomic mass is 35.5. The van der Waals surface area contributed by atoms with E-state index < -0.39 is 75.1 Å². The van der Waals surface area contributed by atoms with Crippen LogP contribution in [0, 0.1) is 5.82 Å². The smallest absolute Gasteiger partial charge is 0.408 e. The lowest BCUT2D eigenvalue weighted by molar-refractivity contribution is -0.162. The summed E-state index contributed by atoms with van der Waals surface area (Å²) in [6.07, 6.45) is -4.84. The number of sulfonamides is 1. The molecule has 0 saturated carbocycles. The average molecular weight is 630 g/mol. The summed E-state index contributed by atoms with van der Waals surface area (Å²) in [6.45, 7) is -0.346. The molecule has 3 heterocycles. The zero-order valence-corrected chi connectivity index (χ0v) is 23.0. The minimum absolute atomic E-state index is 0.0658. The average Bonchev–Trinajstić information content (AvgIpc) is 3.33. The number of alkyl halides is 3. The molecular formula is C22H21Cl2F4N5O6S. The molecule has 3 amide bonds. The fourth-order valence-electron chi connectivity index (χ4n) is 4.30. The lowest BCUT2D eigenvalue weighted by Gasteiger charge is -2.27. The molecule has 1 spiro atoms. The fourth-order valence-corrected chi connectivity index (χ4v) is 6.61. The number of hydrogen-bond donors (Lipinski definition) is 3. The number of hydrogen-bond acceptors (Lipinski definition) is 6. The van der Waals surface area contributed by atoms with Crippen LogP contribution >= 0.6 is 23.2 Å². The van der Waals surface area contributed by atoms with E-state index in [0.29, 0.717) is 6.92 Å². The van der Waals surface area contributed by atoms with Gasteiger partial charge in [-0.05, 0) is 31.5 Å². The van der Waals surface area contributed by atoms with Crippen LogP contribution in [-0.2, 0) is 26.7 Å². The second kappa shape index (κ2) is 10.4. The van der Waals surface area contributed by atoms with Crippen LogP contribution in [0.3, 0.4) is 0 Å². The summed E-state index contributed by atoms with van der Waals surface area (Å²) in [5, 5.41) is 3.37. The number of aromatic nitrogens is 1. The molecule has 218 valence electrons. The Labute approximate surface area is 234 Å². The first kappa shape index (κ1) is 29.9. The number of anilines is 1. The number of benzene rings is 1. The van der Waals surface area contributed by atoms with Crippen molar-refractivity contribution in [2.75, 3.05) is 25.0 Å². The summed E-state index contributed by atoms with van der Waals surface area (Å²) in [6, 6.07) is 1.10. The molecule has 4 rings (SSSR count). The minimum atomic E-state index is -4.77. The quantitative estimate of drug-likeness (QED) is 0.352. The molecule has 1 fully saturated rings. The predicted molar refractivity (Wildman–Crippen MR) is 133 cm³/mol. The minimum Gasteiger partial charge on any atom is -0.488 e. The van der Waals surface area contributed by atoms with Crippen molar-refractivity contribution >= 4 is 56.6 Å². The van der Waals surface area contributed by atoms with Crippen LogP contribution in [0.2, 0.25) is 10.2 Å². The number of likely N-dealkylation sites (tertiary alicyclic amines) is 1. The van der Waals surface area contributed by atoms with Crippen LogP contribution in [0.4, 0.5) is 23.2 Å². The summed E-state index contributed by atoms with van der Waals surface area (Å²) in [7, 11) is -3.18. The highest BCUT2D eigenvalue weighted by Gasteiger charge is 2.50. The number of rotatable bonds is 3. The standard InChI is InChI=1S/C22H21Cl2F4N5O6S/c1-10(22(26,27)28)29-19(35)20(36)33-6-5-21(8-33)9-39-15-14(32(2)17(24)16(15)40(37,38)31-21)18(34)30-11-3-4-13(25)12(23)7-11/h3-4,7,10,31H,5-6,8-9H2,1-2H3,(H,29,35)(H,30,34)/t10-,21-/m1/s1. The van der Waals surface area contributed by atoms with Gasteiger partial charge >= 0.3 is 18.0 Å². The van der Waals surface area contributed by atoms with Crippen molar-refractivity contribution in [2.45, 2.75) is 36.0 Å². The molecular weight excluding hydrogens is 609 g/mol. The van der Waals surface area contributed by atoms with Gasteiger partial charge in [-0.2, -0.15) is 17.9 Å². The van der Waals surface area contributed by atoms with E-state index in [2.05, 4.69) is 10.0 Å². The Hall–Kier alpha value is -3.08. The number of nitrogens with zero attached hydrogens (tertiary/aromatic N) is 2. The SMILES string of the molecule is C[C@@H](NC(=O)C(=O)N1CC[C@]2(COc3c(c(Cl)n(C)c3C(=O)Nc3ccc(F)c(Cl)c3)S(=O)(=O)N2)C1)C(F)(F)F. The summed E-state index contributed by atoms with van der Waals surface area (Å²) < 4.78 is 87.9. The van der Waals surface area contributed by atoms with E-state index in [0.717, 1.165) is 21.6 Å². The third kappa shape index (κ3) is 5.57. The molecule has 11 nitrogen and oxygen atoms in total. The maximum atomic E-state index is 13.5. The molecule has 0 radical (unpaired) electrons. The predicted octanol–water partition coefficient (Wildman–Crippen LogP) is 2.43. The molecule has 18 heteroatoms. The molecule has 2 aliphatic heterocycles. The van der Waals surface area contributed by atoms with Crippen LogP contribution in [0.25, 0.3) is 0 Å². The maximum absolute atomic E-state index is 13.5. The van der Waals surface area contributed by atoms with Crippen molar-refractivity contribution in [1.82, 2.24) is 19.5 Å². The van der Waals surface area contributed by atoms with Crippen molar-refractivity contribution in [2.24, 2.45) is 7.05 Å². The Bertz CT molecular complexity index is 1520. The van der Waals surface area contributed by atoms with E-state index in [1.807, 2.05) is 0 Å². The van der Waals surface area contributed by atoms with Gasteiger partial charge in [-0.15, -0.1) is 0 Å². The van der Waals surface area contributed by atoms with E-state index in [4.69, 9.17) is 27.9 Å². The van der Waals surface area contributed by atoms with Crippen LogP contribution in [-0.4, -0.2) is 73.1 Å². The lowest BCUT2D eigenvalue weighted by atomic mass is 10.0. The number of halogens is 6. The molecule has 1 saturated heterocycles. The second-order valence-electron chi connectivity index (χ2n) is 9.33. The molecule has 2 atom stereocenters. The highest BCUT2D eigenvalue weighted by Crippen LogP contribution is 2.41. The lowest BCUT2D eigenvalue weighted by Crippen LogP contribution is -2.55. The van der Waals surface area contributed by atoms with Gasteiger partial charge in [-0.25, -0.2) is 12.8 Å². The van der Waals surface area contributed by atoms with E-state index in [-0.39, 0.29) is 34.5 Å². The maximum Gasteiger partial charge on any atom is 0.408 e. The zero-order valence-electron chi connectivity index (χ0n) is 20.7. The van der Waals surface area contributed by atoms with Gasteiger partial charge in [0.25, 0.3) is 5.91 Å². The Balaban J connectivity index is 1.58. The van der Waals surface area contributed by atoms with Crippen LogP contribution in [0.5, 0.6) is 5.75 Å². The van der Waals surface area contributed by atoms with Crippen LogP contribution < -0.4 is 20.1 Å². The molecule has 0 unspecified atom stereocenters. The van der Waals surface area contributed by atoms with Gasteiger partial charge in [-0.3, -0.25) is 14.4 Å². The Morgan fingerprint density at radius 1 is 1.23 bits per heavy atom. The van der Waals surface area contributed by atoms with Crippen molar-refractivity contribution in [3.05, 3.63) is 39.9 Å². The number of nitrogens with one attached hydrogen (secondary N) is 3. The molecule has 2 aliphatic rings.